The number of thioether (sulfide) groups is 1. The Balaban J connectivity index is 1.65. The molecule has 154 valence electrons. The molecule has 3 aromatic carbocycles. The molecule has 2 aliphatic rings. The number of hydrogen-bond acceptors (Lipinski definition) is 5. The second-order valence-corrected chi connectivity index (χ2v) is 8.53. The maximum atomic E-state index is 13.6. The van der Waals surface area contributed by atoms with E-state index in [4.69, 9.17) is 4.74 Å². The van der Waals surface area contributed by atoms with Gasteiger partial charge in [-0.15, -0.1) is 0 Å². The summed E-state index contributed by atoms with van der Waals surface area (Å²) < 4.78 is 5.28. The second-order valence-electron chi connectivity index (χ2n) is 7.48. The number of ether oxygens (including phenoxy) is 1. The molecule has 0 spiro atoms. The number of para-hydroxylation sites is 1. The summed E-state index contributed by atoms with van der Waals surface area (Å²) in [5, 5.41) is 3.50. The minimum atomic E-state index is -0.455. The van der Waals surface area contributed by atoms with Crippen molar-refractivity contribution in [2.24, 2.45) is 0 Å². The quantitative estimate of drug-likeness (QED) is 0.589. The third-order valence-corrected chi connectivity index (χ3v) is 6.65. The summed E-state index contributed by atoms with van der Waals surface area (Å²) in [7, 11) is 1.62. The fourth-order valence-electron chi connectivity index (χ4n) is 3.94. The third kappa shape index (κ3) is 3.29. The highest BCUT2D eigenvalue weighted by molar-refractivity contribution is 8.04. The molecule has 1 atom stereocenters. The van der Waals surface area contributed by atoms with Crippen LogP contribution in [-0.2, 0) is 9.59 Å². The molecule has 1 N–H and O–H groups in total. The smallest absolute Gasteiger partial charge is 0.272 e. The molecule has 0 fully saturated rings. The number of amides is 2. The number of anilines is 2. The lowest BCUT2D eigenvalue weighted by molar-refractivity contribution is -0.120. The van der Waals surface area contributed by atoms with E-state index in [9.17, 15) is 9.59 Å². The first-order chi connectivity index (χ1) is 15.1. The van der Waals surface area contributed by atoms with E-state index < -0.39 is 6.04 Å². The van der Waals surface area contributed by atoms with Gasteiger partial charge < -0.3 is 10.1 Å². The van der Waals surface area contributed by atoms with Crippen LogP contribution in [0.2, 0.25) is 0 Å². The number of aryl methyl sites for hydroxylation is 1. The number of carbonyl (C=O) groups excluding carboxylic acids is 2. The van der Waals surface area contributed by atoms with Gasteiger partial charge in [-0.3, -0.25) is 9.59 Å². The van der Waals surface area contributed by atoms with Gasteiger partial charge in [0, 0.05) is 10.6 Å². The first-order valence-corrected chi connectivity index (χ1v) is 10.8. The van der Waals surface area contributed by atoms with E-state index >= 15 is 0 Å². The summed E-state index contributed by atoms with van der Waals surface area (Å²) in [6.07, 6.45) is 0. The number of nitrogens with zero attached hydrogens (tertiary/aromatic N) is 1. The molecule has 2 amide bonds. The molecule has 3 aromatic rings. The molecule has 0 aromatic heterocycles. The SMILES string of the molecule is COc1ccc(C2Nc3ccccc3SC3=C2C(=O)N(c2cccc(C)c2)C3=O)cc1. The fourth-order valence-corrected chi connectivity index (χ4v) is 5.04. The zero-order chi connectivity index (χ0) is 21.5. The normalized spacial score (nSPS) is 17.7. The minimum Gasteiger partial charge on any atom is -0.497 e. The van der Waals surface area contributed by atoms with Crippen molar-refractivity contribution in [3.8, 4) is 5.75 Å². The molecule has 0 aliphatic carbocycles. The Hall–Kier alpha value is -3.51. The van der Waals surface area contributed by atoms with E-state index in [1.54, 1.807) is 13.2 Å². The Morgan fingerprint density at radius 2 is 1.71 bits per heavy atom. The maximum Gasteiger partial charge on any atom is 0.272 e. The number of imide groups is 1. The molecule has 5 rings (SSSR count). The number of benzene rings is 3. The summed E-state index contributed by atoms with van der Waals surface area (Å²) in [6.45, 7) is 1.94. The van der Waals surface area contributed by atoms with Crippen molar-refractivity contribution >= 4 is 35.0 Å². The zero-order valence-corrected chi connectivity index (χ0v) is 17.9. The molecule has 0 radical (unpaired) electrons. The Morgan fingerprint density at radius 3 is 2.45 bits per heavy atom. The van der Waals surface area contributed by atoms with Crippen LogP contribution < -0.4 is 15.0 Å². The monoisotopic (exact) mass is 428 g/mol. The number of fused-ring (bicyclic) bond motifs is 1. The van der Waals surface area contributed by atoms with Crippen molar-refractivity contribution < 1.29 is 14.3 Å². The molecule has 2 aliphatic heterocycles. The van der Waals surface area contributed by atoms with E-state index in [1.807, 2.05) is 73.7 Å². The number of rotatable bonds is 3. The Labute approximate surface area is 184 Å². The Bertz CT molecular complexity index is 1230. The molecular formula is C25H20N2O3S. The molecule has 1 unspecified atom stereocenters. The van der Waals surface area contributed by atoms with Crippen molar-refractivity contribution in [3.05, 3.63) is 94.4 Å². The van der Waals surface area contributed by atoms with Gasteiger partial charge in [0.1, 0.15) is 5.75 Å². The Kier molecular flexibility index (Phi) is 4.79. The fraction of sp³-hybridized carbons (Fsp3) is 0.120. The molecular weight excluding hydrogens is 408 g/mol. The summed E-state index contributed by atoms with van der Waals surface area (Å²) >= 11 is 1.35. The van der Waals surface area contributed by atoms with Gasteiger partial charge in [-0.2, -0.15) is 0 Å². The van der Waals surface area contributed by atoms with Gasteiger partial charge in [0.25, 0.3) is 11.8 Å². The van der Waals surface area contributed by atoms with Gasteiger partial charge in [0.2, 0.25) is 0 Å². The van der Waals surface area contributed by atoms with Crippen molar-refractivity contribution in [1.82, 2.24) is 0 Å². The lowest BCUT2D eigenvalue weighted by Gasteiger charge is -2.23. The van der Waals surface area contributed by atoms with Crippen LogP contribution in [0.4, 0.5) is 11.4 Å². The van der Waals surface area contributed by atoms with E-state index in [0.29, 0.717) is 16.2 Å². The lowest BCUT2D eigenvalue weighted by Crippen LogP contribution is -2.33. The van der Waals surface area contributed by atoms with Crippen molar-refractivity contribution in [2.75, 3.05) is 17.3 Å². The van der Waals surface area contributed by atoms with E-state index in [-0.39, 0.29) is 11.8 Å². The minimum absolute atomic E-state index is 0.285. The predicted molar refractivity (Wildman–Crippen MR) is 122 cm³/mol. The number of nitrogens with one attached hydrogen (secondary N) is 1. The summed E-state index contributed by atoms with van der Waals surface area (Å²) in [5.41, 5.74) is 3.83. The first kappa shape index (κ1) is 19.5. The van der Waals surface area contributed by atoms with Gasteiger partial charge in [-0.1, -0.05) is 48.2 Å². The lowest BCUT2D eigenvalue weighted by atomic mass is 9.98. The maximum absolute atomic E-state index is 13.6. The van der Waals surface area contributed by atoms with Crippen LogP contribution in [0.3, 0.4) is 0 Å². The average Bonchev–Trinajstić information content (AvgIpc) is 2.93. The van der Waals surface area contributed by atoms with Crippen LogP contribution in [0.15, 0.2) is 88.2 Å². The molecule has 0 saturated carbocycles. The van der Waals surface area contributed by atoms with Crippen molar-refractivity contribution in [3.63, 3.8) is 0 Å². The second kappa shape index (κ2) is 7.63. The molecule has 0 bridgehead atoms. The number of hydrogen-bond donors (Lipinski definition) is 1. The van der Waals surface area contributed by atoms with Crippen LogP contribution in [-0.4, -0.2) is 18.9 Å². The van der Waals surface area contributed by atoms with Gasteiger partial charge in [-0.05, 0) is 54.4 Å². The highest BCUT2D eigenvalue weighted by Crippen LogP contribution is 2.48. The Morgan fingerprint density at radius 1 is 0.935 bits per heavy atom. The first-order valence-electron chi connectivity index (χ1n) is 9.94. The summed E-state index contributed by atoms with van der Waals surface area (Å²) in [6, 6.07) is 22.4. The molecule has 6 heteroatoms. The highest BCUT2D eigenvalue weighted by atomic mass is 32.2. The van der Waals surface area contributed by atoms with Crippen LogP contribution in [0.5, 0.6) is 5.75 Å². The average molecular weight is 429 g/mol. The van der Waals surface area contributed by atoms with Crippen molar-refractivity contribution in [2.45, 2.75) is 17.9 Å². The van der Waals surface area contributed by atoms with Crippen LogP contribution in [0.1, 0.15) is 17.2 Å². The van der Waals surface area contributed by atoms with Gasteiger partial charge >= 0.3 is 0 Å². The molecule has 31 heavy (non-hydrogen) atoms. The number of methoxy groups -OCH3 is 1. The van der Waals surface area contributed by atoms with Crippen LogP contribution in [0.25, 0.3) is 0 Å². The molecule has 2 heterocycles. The van der Waals surface area contributed by atoms with Gasteiger partial charge in [0.15, 0.2) is 0 Å². The van der Waals surface area contributed by atoms with Crippen molar-refractivity contribution in [1.29, 1.82) is 0 Å². The highest BCUT2D eigenvalue weighted by Gasteiger charge is 2.45. The summed E-state index contributed by atoms with van der Waals surface area (Å²) in [4.78, 5) is 29.8. The summed E-state index contributed by atoms with van der Waals surface area (Å²) in [5.74, 6) is 0.156. The predicted octanol–water partition coefficient (Wildman–Crippen LogP) is 5.09. The molecule has 5 nitrogen and oxygen atoms in total. The van der Waals surface area contributed by atoms with E-state index in [0.717, 1.165) is 27.5 Å². The number of carbonyl (C=O) groups is 2. The topological polar surface area (TPSA) is 58.6 Å². The molecule has 0 saturated heterocycles. The van der Waals surface area contributed by atoms with Gasteiger partial charge in [0.05, 0.1) is 29.3 Å². The largest absolute Gasteiger partial charge is 0.497 e. The van der Waals surface area contributed by atoms with Crippen LogP contribution in [0, 0.1) is 6.92 Å². The zero-order valence-electron chi connectivity index (χ0n) is 17.1. The third-order valence-electron chi connectivity index (χ3n) is 5.47. The van der Waals surface area contributed by atoms with E-state index in [1.165, 1.54) is 16.7 Å². The van der Waals surface area contributed by atoms with E-state index in [2.05, 4.69) is 5.32 Å². The van der Waals surface area contributed by atoms with Gasteiger partial charge in [-0.25, -0.2) is 4.90 Å². The standard InChI is InChI=1S/C25H20N2O3S/c1-15-6-5-7-17(14-15)27-24(28)21-22(16-10-12-18(30-2)13-11-16)26-19-8-3-4-9-20(19)31-23(21)25(27)29/h3-14,22,26H,1-2H3. The van der Waals surface area contributed by atoms with Crippen LogP contribution >= 0.6 is 11.8 Å².